The Balaban J connectivity index is 2.07. The molecule has 0 saturated carbocycles. The van der Waals surface area contributed by atoms with Crippen LogP contribution >= 0.6 is 0 Å². The smallest absolute Gasteiger partial charge is 0.305 e. The van der Waals surface area contributed by atoms with E-state index in [4.69, 9.17) is 9.84 Å². The Bertz CT molecular complexity index is 703. The van der Waals surface area contributed by atoms with Crippen LogP contribution in [0.5, 0.6) is 5.75 Å². The topological polar surface area (TPSA) is 95.9 Å². The number of benzene rings is 1. The highest BCUT2D eigenvalue weighted by Crippen LogP contribution is 2.33. The molecule has 7 heteroatoms. The van der Waals surface area contributed by atoms with Crippen molar-refractivity contribution in [2.45, 2.75) is 52.2 Å². The highest BCUT2D eigenvalue weighted by molar-refractivity contribution is 6.00. The van der Waals surface area contributed by atoms with Crippen molar-refractivity contribution in [3.05, 3.63) is 24.3 Å². The Morgan fingerprint density at radius 3 is 2.62 bits per heavy atom. The van der Waals surface area contributed by atoms with E-state index in [9.17, 15) is 14.4 Å². The second-order valence-electron chi connectivity index (χ2n) is 7.16. The maximum absolute atomic E-state index is 12.4. The van der Waals surface area contributed by atoms with E-state index in [1.165, 1.54) is 0 Å². The molecule has 1 heterocycles. The van der Waals surface area contributed by atoms with Gasteiger partial charge >= 0.3 is 5.97 Å². The highest BCUT2D eigenvalue weighted by atomic mass is 16.5. The first-order valence-corrected chi connectivity index (χ1v) is 8.74. The molecule has 0 aromatic heterocycles. The fraction of sp³-hybridized carbons (Fsp3) is 0.526. The van der Waals surface area contributed by atoms with Gasteiger partial charge in [-0.25, -0.2) is 0 Å². The number of anilines is 1. The average molecular weight is 362 g/mol. The normalized spacial score (nSPS) is 18.7. The predicted octanol–water partition coefficient (Wildman–Crippen LogP) is 2.20. The molecule has 0 saturated heterocycles. The van der Waals surface area contributed by atoms with Crippen LogP contribution in [0.15, 0.2) is 24.3 Å². The van der Waals surface area contributed by atoms with Crippen LogP contribution < -0.4 is 15.0 Å². The molecule has 0 spiro atoms. The number of carboxylic acid groups (broad SMARTS) is 1. The lowest BCUT2D eigenvalue weighted by atomic mass is 9.85. The molecule has 0 aliphatic carbocycles. The maximum Gasteiger partial charge on any atom is 0.305 e. The lowest BCUT2D eigenvalue weighted by Crippen LogP contribution is -2.52. The van der Waals surface area contributed by atoms with Crippen LogP contribution in [0.2, 0.25) is 0 Å². The molecular formula is C19H26N2O5. The fourth-order valence-corrected chi connectivity index (χ4v) is 2.89. The van der Waals surface area contributed by atoms with Gasteiger partial charge in [0.2, 0.25) is 5.91 Å². The lowest BCUT2D eigenvalue weighted by molar-refractivity contribution is -0.139. The number of carboxylic acids is 1. The summed E-state index contributed by atoms with van der Waals surface area (Å²) < 4.78 is 5.58. The molecule has 2 unspecified atom stereocenters. The second-order valence-corrected chi connectivity index (χ2v) is 7.16. The molecular weight excluding hydrogens is 336 g/mol. The van der Waals surface area contributed by atoms with Crippen molar-refractivity contribution in [3.8, 4) is 5.75 Å². The van der Waals surface area contributed by atoms with Crippen LogP contribution in [0.25, 0.3) is 0 Å². The third kappa shape index (κ3) is 4.33. The van der Waals surface area contributed by atoms with Gasteiger partial charge < -0.3 is 20.1 Å². The van der Waals surface area contributed by atoms with E-state index in [2.05, 4.69) is 5.32 Å². The van der Waals surface area contributed by atoms with Gasteiger partial charge in [0.15, 0.2) is 6.10 Å². The van der Waals surface area contributed by atoms with Gasteiger partial charge in [-0.15, -0.1) is 0 Å². The van der Waals surface area contributed by atoms with E-state index < -0.39 is 17.6 Å². The number of carbonyl (C=O) groups is 3. The van der Waals surface area contributed by atoms with E-state index in [0.717, 1.165) is 0 Å². The number of carbonyl (C=O) groups excluding carboxylic acids is 2. The van der Waals surface area contributed by atoms with Crippen molar-refractivity contribution in [3.63, 3.8) is 0 Å². The Hall–Kier alpha value is -2.57. The zero-order chi connectivity index (χ0) is 19.5. The van der Waals surface area contributed by atoms with Crippen LogP contribution in [-0.2, 0) is 14.4 Å². The summed E-state index contributed by atoms with van der Waals surface area (Å²) in [5.41, 5.74) is -0.205. The molecule has 1 aromatic carbocycles. The molecule has 2 amide bonds. The quantitative estimate of drug-likeness (QED) is 0.775. The van der Waals surface area contributed by atoms with Gasteiger partial charge in [-0.05, 0) is 31.9 Å². The van der Waals surface area contributed by atoms with Gasteiger partial charge in [0.1, 0.15) is 5.75 Å². The van der Waals surface area contributed by atoms with E-state index in [-0.39, 0.29) is 37.1 Å². The average Bonchev–Trinajstić information content (AvgIpc) is 2.54. The first-order chi connectivity index (χ1) is 12.1. The number of amides is 2. The molecule has 2 rings (SSSR count). The standard InChI is InChI=1S/C19H26N2O5/c1-12(2)19(4,11-17(23)24)20-16(22)9-10-21-14-7-5-6-8-15(14)26-13(3)18(21)25/h5-8,12-13H,9-11H2,1-4H3,(H,20,22)(H,23,24). The third-order valence-electron chi connectivity index (χ3n) is 4.85. The van der Waals surface area contributed by atoms with Crippen LogP contribution in [-0.4, -0.2) is 41.1 Å². The molecule has 26 heavy (non-hydrogen) atoms. The first-order valence-electron chi connectivity index (χ1n) is 8.74. The Kier molecular flexibility index (Phi) is 5.90. The van der Waals surface area contributed by atoms with Crippen molar-refractivity contribution in [2.75, 3.05) is 11.4 Å². The van der Waals surface area contributed by atoms with E-state index >= 15 is 0 Å². The molecule has 1 aliphatic rings. The van der Waals surface area contributed by atoms with Crippen molar-refractivity contribution >= 4 is 23.5 Å². The minimum absolute atomic E-state index is 0.0479. The Morgan fingerprint density at radius 2 is 2.00 bits per heavy atom. The number of para-hydroxylation sites is 2. The summed E-state index contributed by atoms with van der Waals surface area (Å²) in [7, 11) is 0. The summed E-state index contributed by atoms with van der Waals surface area (Å²) in [6.07, 6.45) is -0.692. The van der Waals surface area contributed by atoms with Crippen molar-refractivity contribution < 1.29 is 24.2 Å². The minimum Gasteiger partial charge on any atom is -0.481 e. The van der Waals surface area contributed by atoms with E-state index in [1.54, 1.807) is 36.9 Å². The number of aliphatic carboxylic acids is 1. The number of nitrogens with one attached hydrogen (secondary N) is 1. The first kappa shape index (κ1) is 19.8. The zero-order valence-electron chi connectivity index (χ0n) is 15.6. The van der Waals surface area contributed by atoms with Gasteiger partial charge in [0.25, 0.3) is 5.91 Å². The second kappa shape index (κ2) is 7.76. The van der Waals surface area contributed by atoms with Crippen LogP contribution in [0.1, 0.15) is 40.5 Å². The Labute approximate surface area is 153 Å². The van der Waals surface area contributed by atoms with Gasteiger partial charge in [0.05, 0.1) is 12.1 Å². The summed E-state index contributed by atoms with van der Waals surface area (Å²) in [5.74, 6) is -0.889. The largest absolute Gasteiger partial charge is 0.481 e. The van der Waals surface area contributed by atoms with Crippen LogP contribution in [0.3, 0.4) is 0 Å². The van der Waals surface area contributed by atoms with Crippen molar-refractivity contribution in [1.29, 1.82) is 0 Å². The molecule has 2 N–H and O–H groups in total. The van der Waals surface area contributed by atoms with Gasteiger partial charge in [-0.3, -0.25) is 14.4 Å². The van der Waals surface area contributed by atoms with Crippen LogP contribution in [0, 0.1) is 5.92 Å². The summed E-state index contributed by atoms with van der Waals surface area (Å²) in [5, 5.41) is 11.9. The van der Waals surface area contributed by atoms with Gasteiger partial charge in [0, 0.05) is 18.5 Å². The van der Waals surface area contributed by atoms with Crippen molar-refractivity contribution in [2.24, 2.45) is 5.92 Å². The predicted molar refractivity (Wildman–Crippen MR) is 97.1 cm³/mol. The molecule has 0 fully saturated rings. The summed E-state index contributed by atoms with van der Waals surface area (Å²) in [4.78, 5) is 37.5. The number of hydrogen-bond donors (Lipinski definition) is 2. The number of ether oxygens (including phenoxy) is 1. The molecule has 142 valence electrons. The molecule has 1 aliphatic heterocycles. The summed E-state index contributed by atoms with van der Waals surface area (Å²) in [6, 6.07) is 7.20. The van der Waals surface area contributed by atoms with Crippen molar-refractivity contribution in [1.82, 2.24) is 5.32 Å². The van der Waals surface area contributed by atoms with E-state index in [0.29, 0.717) is 11.4 Å². The number of fused-ring (bicyclic) bond motifs is 1. The molecule has 0 radical (unpaired) electrons. The Morgan fingerprint density at radius 1 is 1.35 bits per heavy atom. The molecule has 1 aromatic rings. The third-order valence-corrected chi connectivity index (χ3v) is 4.85. The number of rotatable bonds is 7. The zero-order valence-corrected chi connectivity index (χ0v) is 15.6. The van der Waals surface area contributed by atoms with Gasteiger partial charge in [-0.2, -0.15) is 0 Å². The molecule has 2 atom stereocenters. The lowest BCUT2D eigenvalue weighted by Gasteiger charge is -2.35. The fourth-order valence-electron chi connectivity index (χ4n) is 2.89. The highest BCUT2D eigenvalue weighted by Gasteiger charge is 2.34. The van der Waals surface area contributed by atoms with Crippen LogP contribution in [0.4, 0.5) is 5.69 Å². The number of hydrogen-bond acceptors (Lipinski definition) is 4. The van der Waals surface area contributed by atoms with E-state index in [1.807, 2.05) is 19.9 Å². The molecule has 0 bridgehead atoms. The maximum atomic E-state index is 12.4. The summed E-state index contributed by atoms with van der Waals surface area (Å²) >= 11 is 0. The SMILES string of the molecule is CC1Oc2ccccc2N(CCC(=O)NC(C)(CC(=O)O)C(C)C)C1=O. The molecule has 7 nitrogen and oxygen atoms in total. The monoisotopic (exact) mass is 362 g/mol. The minimum atomic E-state index is -0.965. The summed E-state index contributed by atoms with van der Waals surface area (Å²) in [6.45, 7) is 7.34. The number of nitrogens with zero attached hydrogens (tertiary/aromatic N) is 1. The van der Waals surface area contributed by atoms with Gasteiger partial charge in [-0.1, -0.05) is 26.0 Å².